The van der Waals surface area contributed by atoms with E-state index in [0.717, 1.165) is 0 Å². The molecule has 0 heterocycles. The molecule has 0 aromatic heterocycles. The number of rotatable bonds is 4. The van der Waals surface area contributed by atoms with Gasteiger partial charge in [-0.25, -0.2) is 4.79 Å². The van der Waals surface area contributed by atoms with Crippen LogP contribution in [0.2, 0.25) is 0 Å². The summed E-state index contributed by atoms with van der Waals surface area (Å²) in [6.45, 7) is 3.15. The Labute approximate surface area is 96.2 Å². The first-order chi connectivity index (χ1) is 7.43. The third-order valence-electron chi connectivity index (χ3n) is 2.57. The number of nitrogens with one attached hydrogen (secondary N) is 1. The van der Waals surface area contributed by atoms with Crippen molar-refractivity contribution in [1.29, 1.82) is 0 Å². The molecular formula is C9H15F3N2O3. The summed E-state index contributed by atoms with van der Waals surface area (Å²) in [5.74, 6) is -4.14. The molecule has 0 aromatic rings. The predicted molar refractivity (Wildman–Crippen MR) is 53.1 cm³/mol. The highest BCUT2D eigenvalue weighted by atomic mass is 19.4. The van der Waals surface area contributed by atoms with E-state index in [1.54, 1.807) is 0 Å². The van der Waals surface area contributed by atoms with E-state index in [2.05, 4.69) is 0 Å². The van der Waals surface area contributed by atoms with E-state index in [-0.39, 0.29) is 0 Å². The molecule has 0 rings (SSSR count). The van der Waals surface area contributed by atoms with Crippen molar-refractivity contribution < 1.29 is 27.9 Å². The maximum absolute atomic E-state index is 12.6. The van der Waals surface area contributed by atoms with Crippen LogP contribution < -0.4 is 11.1 Å². The van der Waals surface area contributed by atoms with Crippen molar-refractivity contribution in [3.8, 4) is 0 Å². The number of nitrogens with two attached hydrogens (primary N) is 1. The Morgan fingerprint density at radius 1 is 1.29 bits per heavy atom. The quantitative estimate of drug-likeness (QED) is 0.682. The second-order valence-corrected chi connectivity index (χ2v) is 4.06. The number of alkyl halides is 3. The molecule has 0 fully saturated rings. The Bertz CT molecular complexity index is 317. The smallest absolute Gasteiger partial charge is 0.422 e. The highest BCUT2D eigenvalue weighted by Gasteiger charge is 2.58. The fourth-order valence-corrected chi connectivity index (χ4v) is 0.845. The lowest BCUT2D eigenvalue weighted by Gasteiger charge is -2.30. The van der Waals surface area contributed by atoms with E-state index >= 15 is 0 Å². The minimum atomic E-state index is -5.09. The molecule has 0 saturated carbocycles. The largest absolute Gasteiger partial charge is 0.479 e. The number of carbonyl (C=O) groups is 2. The van der Waals surface area contributed by atoms with Crippen LogP contribution in [0.1, 0.15) is 20.8 Å². The highest BCUT2D eigenvalue weighted by Crippen LogP contribution is 2.30. The Morgan fingerprint density at radius 2 is 1.71 bits per heavy atom. The van der Waals surface area contributed by atoms with E-state index < -0.39 is 35.6 Å². The van der Waals surface area contributed by atoms with Gasteiger partial charge in [0.25, 0.3) is 0 Å². The van der Waals surface area contributed by atoms with Crippen molar-refractivity contribution >= 4 is 11.9 Å². The molecule has 3 unspecified atom stereocenters. The Balaban J connectivity index is 5.05. The molecule has 0 aromatic carbocycles. The van der Waals surface area contributed by atoms with E-state index in [1.165, 1.54) is 19.2 Å². The van der Waals surface area contributed by atoms with E-state index in [9.17, 15) is 22.8 Å². The number of halogens is 3. The molecule has 0 aliphatic rings. The molecule has 0 spiro atoms. The van der Waals surface area contributed by atoms with Crippen LogP contribution in [0.3, 0.4) is 0 Å². The first kappa shape index (κ1) is 15.7. The summed E-state index contributed by atoms with van der Waals surface area (Å²) in [5.41, 5.74) is 2.04. The van der Waals surface area contributed by atoms with Gasteiger partial charge in [0.1, 0.15) is 0 Å². The maximum Gasteiger partial charge on any atom is 0.422 e. The molecular weight excluding hydrogens is 241 g/mol. The van der Waals surface area contributed by atoms with Gasteiger partial charge in [-0.3, -0.25) is 4.79 Å². The molecule has 0 saturated heterocycles. The van der Waals surface area contributed by atoms with Crippen LogP contribution in [0, 0.1) is 5.92 Å². The minimum absolute atomic E-state index is 0.390. The lowest BCUT2D eigenvalue weighted by atomic mass is 9.98. The number of carboxylic acid groups (broad SMARTS) is 1. The SMILES string of the molecule is CC(N)C(C)C(=O)NC(C)(C(=O)O)C(F)(F)F. The molecule has 0 aliphatic heterocycles. The van der Waals surface area contributed by atoms with Gasteiger partial charge in [-0.2, -0.15) is 13.2 Å². The average Bonchev–Trinajstić information content (AvgIpc) is 2.13. The Hall–Kier alpha value is -1.31. The summed E-state index contributed by atoms with van der Waals surface area (Å²) in [4.78, 5) is 22.0. The third kappa shape index (κ3) is 3.32. The number of amides is 1. The standard InChI is InChI=1S/C9H15F3N2O3/c1-4(5(2)13)6(15)14-8(3,7(16)17)9(10,11)12/h4-5H,13H2,1-3H3,(H,14,15)(H,16,17). The fourth-order valence-electron chi connectivity index (χ4n) is 0.845. The molecule has 17 heavy (non-hydrogen) atoms. The second kappa shape index (κ2) is 4.91. The predicted octanol–water partition coefficient (Wildman–Crippen LogP) is 0.491. The zero-order chi connectivity index (χ0) is 14.0. The zero-order valence-corrected chi connectivity index (χ0v) is 9.63. The summed E-state index contributed by atoms with van der Waals surface area (Å²) in [5, 5.41) is 10.0. The summed E-state index contributed by atoms with van der Waals surface area (Å²) in [6.07, 6.45) is -5.09. The Morgan fingerprint density at radius 3 is 1.94 bits per heavy atom. The highest BCUT2D eigenvalue weighted by molar-refractivity contribution is 5.88. The molecule has 0 radical (unpaired) electrons. The van der Waals surface area contributed by atoms with Crippen molar-refractivity contribution in [2.75, 3.05) is 0 Å². The molecule has 4 N–H and O–H groups in total. The maximum atomic E-state index is 12.6. The van der Waals surface area contributed by atoms with Crippen LogP contribution in [-0.2, 0) is 9.59 Å². The lowest BCUT2D eigenvalue weighted by molar-refractivity contribution is -0.207. The van der Waals surface area contributed by atoms with Gasteiger partial charge >= 0.3 is 12.1 Å². The number of hydrogen-bond acceptors (Lipinski definition) is 3. The number of hydrogen-bond donors (Lipinski definition) is 3. The fraction of sp³-hybridized carbons (Fsp3) is 0.778. The zero-order valence-electron chi connectivity index (χ0n) is 9.63. The summed E-state index contributed by atoms with van der Waals surface area (Å²) >= 11 is 0. The summed E-state index contributed by atoms with van der Waals surface area (Å²) < 4.78 is 37.7. The van der Waals surface area contributed by atoms with Gasteiger partial charge in [-0.15, -0.1) is 0 Å². The normalized spacial score (nSPS) is 19.0. The van der Waals surface area contributed by atoms with Crippen LogP contribution in [0.15, 0.2) is 0 Å². The van der Waals surface area contributed by atoms with Crippen LogP contribution in [0.4, 0.5) is 13.2 Å². The minimum Gasteiger partial charge on any atom is -0.479 e. The number of carboxylic acids is 1. The lowest BCUT2D eigenvalue weighted by Crippen LogP contribution is -2.63. The topological polar surface area (TPSA) is 92.4 Å². The van der Waals surface area contributed by atoms with Crippen molar-refractivity contribution in [2.24, 2.45) is 11.7 Å². The molecule has 8 heteroatoms. The van der Waals surface area contributed by atoms with Gasteiger partial charge in [0.15, 0.2) is 0 Å². The van der Waals surface area contributed by atoms with Gasteiger partial charge in [0, 0.05) is 12.0 Å². The van der Waals surface area contributed by atoms with Crippen molar-refractivity contribution in [2.45, 2.75) is 38.5 Å². The first-order valence-electron chi connectivity index (χ1n) is 4.81. The molecule has 5 nitrogen and oxygen atoms in total. The summed E-state index contributed by atoms with van der Waals surface area (Å²) in [7, 11) is 0. The van der Waals surface area contributed by atoms with Gasteiger partial charge < -0.3 is 16.2 Å². The van der Waals surface area contributed by atoms with E-state index in [4.69, 9.17) is 10.8 Å². The van der Waals surface area contributed by atoms with Crippen LogP contribution in [0.5, 0.6) is 0 Å². The monoisotopic (exact) mass is 256 g/mol. The molecule has 0 bridgehead atoms. The van der Waals surface area contributed by atoms with E-state index in [0.29, 0.717) is 6.92 Å². The third-order valence-corrected chi connectivity index (χ3v) is 2.57. The number of carbonyl (C=O) groups excluding carboxylic acids is 1. The van der Waals surface area contributed by atoms with Crippen molar-refractivity contribution in [3.05, 3.63) is 0 Å². The summed E-state index contributed by atoms with van der Waals surface area (Å²) in [6, 6.07) is -0.679. The van der Waals surface area contributed by atoms with Gasteiger partial charge in [0.05, 0.1) is 0 Å². The Kier molecular flexibility index (Phi) is 4.53. The van der Waals surface area contributed by atoms with E-state index in [1.807, 2.05) is 0 Å². The average molecular weight is 256 g/mol. The molecule has 100 valence electrons. The van der Waals surface area contributed by atoms with Gasteiger partial charge in [-0.1, -0.05) is 6.92 Å². The van der Waals surface area contributed by atoms with Crippen LogP contribution >= 0.6 is 0 Å². The van der Waals surface area contributed by atoms with Crippen molar-refractivity contribution in [1.82, 2.24) is 5.32 Å². The van der Waals surface area contributed by atoms with Gasteiger partial charge in [0.2, 0.25) is 11.4 Å². The van der Waals surface area contributed by atoms with Crippen LogP contribution in [-0.4, -0.2) is 34.7 Å². The molecule has 0 aliphatic carbocycles. The second-order valence-electron chi connectivity index (χ2n) is 4.06. The van der Waals surface area contributed by atoms with Crippen LogP contribution in [0.25, 0.3) is 0 Å². The first-order valence-corrected chi connectivity index (χ1v) is 4.81. The molecule has 3 atom stereocenters. The molecule has 1 amide bonds. The number of aliphatic carboxylic acids is 1. The van der Waals surface area contributed by atoms with Gasteiger partial charge in [-0.05, 0) is 13.8 Å². The van der Waals surface area contributed by atoms with Crippen molar-refractivity contribution in [3.63, 3.8) is 0 Å².